The Morgan fingerprint density at radius 2 is 2.06 bits per heavy atom. The van der Waals surface area contributed by atoms with E-state index in [9.17, 15) is 0 Å². The molecule has 2 rings (SSSR count). The molecule has 88 valence electrons. The van der Waals surface area contributed by atoms with Crippen molar-refractivity contribution in [3.05, 3.63) is 28.7 Å². The molecule has 0 aliphatic carbocycles. The van der Waals surface area contributed by atoms with E-state index in [-0.39, 0.29) is 5.54 Å². The highest BCUT2D eigenvalue weighted by Gasteiger charge is 2.34. The maximum atomic E-state index is 3.65. The molecule has 1 aliphatic rings. The standard InChI is InChI=1S/C13H19BrN2/c1-10-8-15-9-13(2,3)16(10)12-7-5-4-6-11(12)14/h4-7,10,15H,8-9H2,1-3H3. The third-order valence-electron chi connectivity index (χ3n) is 3.20. The molecular formula is C13H19BrN2. The van der Waals surface area contributed by atoms with Crippen molar-refractivity contribution in [3.8, 4) is 0 Å². The fourth-order valence-corrected chi connectivity index (χ4v) is 3.05. The van der Waals surface area contributed by atoms with Crippen LogP contribution in [0.3, 0.4) is 0 Å². The molecule has 0 spiro atoms. The minimum atomic E-state index is 0.154. The van der Waals surface area contributed by atoms with Crippen molar-refractivity contribution in [1.29, 1.82) is 0 Å². The van der Waals surface area contributed by atoms with Crippen molar-refractivity contribution in [2.75, 3.05) is 18.0 Å². The Balaban J connectivity index is 2.40. The van der Waals surface area contributed by atoms with Gasteiger partial charge in [0.25, 0.3) is 0 Å². The van der Waals surface area contributed by atoms with Crippen LogP contribution in [-0.4, -0.2) is 24.7 Å². The van der Waals surface area contributed by atoms with Crippen LogP contribution in [0.25, 0.3) is 0 Å². The summed E-state index contributed by atoms with van der Waals surface area (Å²) in [4.78, 5) is 2.51. The van der Waals surface area contributed by atoms with Crippen molar-refractivity contribution >= 4 is 21.6 Å². The Labute approximate surface area is 106 Å². The lowest BCUT2D eigenvalue weighted by Gasteiger charge is -2.49. The van der Waals surface area contributed by atoms with E-state index in [0.717, 1.165) is 13.1 Å². The molecule has 2 nitrogen and oxygen atoms in total. The van der Waals surface area contributed by atoms with Gasteiger partial charge in [0, 0.05) is 29.1 Å². The Morgan fingerprint density at radius 3 is 2.69 bits per heavy atom. The molecule has 1 N–H and O–H groups in total. The Bertz CT molecular complexity index is 376. The molecule has 1 unspecified atom stereocenters. The predicted molar refractivity (Wildman–Crippen MR) is 73.0 cm³/mol. The van der Waals surface area contributed by atoms with Crippen LogP contribution in [-0.2, 0) is 0 Å². The third-order valence-corrected chi connectivity index (χ3v) is 3.87. The summed E-state index contributed by atoms with van der Waals surface area (Å²) in [5.41, 5.74) is 1.45. The summed E-state index contributed by atoms with van der Waals surface area (Å²) in [6.45, 7) is 8.92. The van der Waals surface area contributed by atoms with E-state index in [0.29, 0.717) is 6.04 Å². The minimum Gasteiger partial charge on any atom is -0.360 e. The van der Waals surface area contributed by atoms with Gasteiger partial charge in [0.2, 0.25) is 0 Å². The van der Waals surface area contributed by atoms with E-state index in [1.807, 2.05) is 0 Å². The van der Waals surface area contributed by atoms with E-state index in [4.69, 9.17) is 0 Å². The van der Waals surface area contributed by atoms with E-state index in [2.05, 4.69) is 71.2 Å². The number of halogens is 1. The highest BCUT2D eigenvalue weighted by molar-refractivity contribution is 9.10. The van der Waals surface area contributed by atoms with Gasteiger partial charge in [-0.15, -0.1) is 0 Å². The van der Waals surface area contributed by atoms with Crippen LogP contribution in [0.4, 0.5) is 5.69 Å². The summed E-state index contributed by atoms with van der Waals surface area (Å²) in [6, 6.07) is 8.98. The van der Waals surface area contributed by atoms with E-state index in [1.54, 1.807) is 0 Å². The van der Waals surface area contributed by atoms with Crippen molar-refractivity contribution in [3.63, 3.8) is 0 Å². The largest absolute Gasteiger partial charge is 0.360 e. The fourth-order valence-electron chi connectivity index (χ4n) is 2.57. The number of para-hydroxylation sites is 1. The second-order valence-corrected chi connectivity index (χ2v) is 5.97. The summed E-state index contributed by atoms with van der Waals surface area (Å²) in [6.07, 6.45) is 0. The van der Waals surface area contributed by atoms with Gasteiger partial charge in [-0.25, -0.2) is 0 Å². The van der Waals surface area contributed by atoms with Gasteiger partial charge in [-0.3, -0.25) is 0 Å². The van der Waals surface area contributed by atoms with Crippen LogP contribution in [0.1, 0.15) is 20.8 Å². The molecule has 0 radical (unpaired) electrons. The van der Waals surface area contributed by atoms with Crippen molar-refractivity contribution in [2.45, 2.75) is 32.4 Å². The van der Waals surface area contributed by atoms with E-state index in [1.165, 1.54) is 10.2 Å². The van der Waals surface area contributed by atoms with Gasteiger partial charge < -0.3 is 10.2 Å². The van der Waals surface area contributed by atoms with Crippen molar-refractivity contribution < 1.29 is 0 Å². The van der Waals surface area contributed by atoms with Gasteiger partial charge in [0.15, 0.2) is 0 Å². The molecule has 1 fully saturated rings. The van der Waals surface area contributed by atoms with Gasteiger partial charge in [-0.05, 0) is 48.8 Å². The first-order chi connectivity index (χ1) is 7.52. The quantitative estimate of drug-likeness (QED) is 0.852. The molecule has 1 saturated heterocycles. The summed E-state index contributed by atoms with van der Waals surface area (Å²) in [7, 11) is 0. The van der Waals surface area contributed by atoms with E-state index >= 15 is 0 Å². The van der Waals surface area contributed by atoms with Gasteiger partial charge in [0.05, 0.1) is 5.69 Å². The molecule has 0 aromatic heterocycles. The molecule has 16 heavy (non-hydrogen) atoms. The van der Waals surface area contributed by atoms with E-state index < -0.39 is 0 Å². The zero-order valence-corrected chi connectivity index (χ0v) is 11.7. The number of benzene rings is 1. The van der Waals surface area contributed by atoms with Crippen LogP contribution in [0, 0.1) is 0 Å². The van der Waals surface area contributed by atoms with Crippen LogP contribution >= 0.6 is 15.9 Å². The van der Waals surface area contributed by atoms with Gasteiger partial charge in [-0.2, -0.15) is 0 Å². The monoisotopic (exact) mass is 282 g/mol. The molecule has 1 heterocycles. The Morgan fingerprint density at radius 1 is 1.38 bits per heavy atom. The fraction of sp³-hybridized carbons (Fsp3) is 0.538. The van der Waals surface area contributed by atoms with Crippen LogP contribution < -0.4 is 10.2 Å². The topological polar surface area (TPSA) is 15.3 Å². The van der Waals surface area contributed by atoms with Crippen LogP contribution in [0.2, 0.25) is 0 Å². The molecule has 1 aromatic carbocycles. The number of piperazine rings is 1. The van der Waals surface area contributed by atoms with Gasteiger partial charge in [0.1, 0.15) is 0 Å². The lowest BCUT2D eigenvalue weighted by atomic mass is 9.95. The summed E-state index contributed by atoms with van der Waals surface area (Å²) >= 11 is 3.65. The van der Waals surface area contributed by atoms with Gasteiger partial charge in [-0.1, -0.05) is 12.1 Å². The summed E-state index contributed by atoms with van der Waals surface area (Å²) < 4.78 is 1.18. The molecule has 3 heteroatoms. The number of hydrogen-bond donors (Lipinski definition) is 1. The lowest BCUT2D eigenvalue weighted by Crippen LogP contribution is -2.62. The third kappa shape index (κ3) is 2.11. The minimum absolute atomic E-state index is 0.154. The van der Waals surface area contributed by atoms with Crippen LogP contribution in [0.5, 0.6) is 0 Å². The molecule has 1 aliphatic heterocycles. The second-order valence-electron chi connectivity index (χ2n) is 5.11. The molecular weight excluding hydrogens is 264 g/mol. The first kappa shape index (κ1) is 11.9. The van der Waals surface area contributed by atoms with Crippen molar-refractivity contribution in [1.82, 2.24) is 5.32 Å². The van der Waals surface area contributed by atoms with Crippen molar-refractivity contribution in [2.24, 2.45) is 0 Å². The number of nitrogens with one attached hydrogen (secondary N) is 1. The molecule has 1 atom stereocenters. The normalized spacial score (nSPS) is 24.5. The number of anilines is 1. The molecule has 0 saturated carbocycles. The molecule has 1 aromatic rings. The maximum Gasteiger partial charge on any atom is 0.0518 e. The Hall–Kier alpha value is -0.540. The van der Waals surface area contributed by atoms with Gasteiger partial charge >= 0.3 is 0 Å². The average molecular weight is 283 g/mol. The predicted octanol–water partition coefficient (Wildman–Crippen LogP) is 3.03. The zero-order valence-electron chi connectivity index (χ0n) is 10.1. The first-order valence-electron chi connectivity index (χ1n) is 5.77. The average Bonchev–Trinajstić information content (AvgIpc) is 2.19. The smallest absolute Gasteiger partial charge is 0.0518 e. The second kappa shape index (κ2) is 4.38. The number of nitrogens with zero attached hydrogens (tertiary/aromatic N) is 1. The summed E-state index contributed by atoms with van der Waals surface area (Å²) in [5, 5.41) is 3.49. The molecule has 0 amide bonds. The zero-order chi connectivity index (χ0) is 11.8. The lowest BCUT2D eigenvalue weighted by molar-refractivity contribution is 0.333. The highest BCUT2D eigenvalue weighted by atomic mass is 79.9. The van der Waals surface area contributed by atoms with Crippen LogP contribution in [0.15, 0.2) is 28.7 Å². The Kier molecular flexibility index (Phi) is 3.27. The first-order valence-corrected chi connectivity index (χ1v) is 6.56. The summed E-state index contributed by atoms with van der Waals surface area (Å²) in [5.74, 6) is 0. The maximum absolute atomic E-state index is 3.65. The number of hydrogen-bond acceptors (Lipinski definition) is 2. The highest BCUT2D eigenvalue weighted by Crippen LogP contribution is 2.34. The number of rotatable bonds is 1. The molecule has 0 bridgehead atoms. The SMILES string of the molecule is CC1CNCC(C)(C)N1c1ccccc1Br.